The summed E-state index contributed by atoms with van der Waals surface area (Å²) in [4.78, 5) is 17.1. The summed E-state index contributed by atoms with van der Waals surface area (Å²) in [5, 5.41) is 5.34. The van der Waals surface area contributed by atoms with Gasteiger partial charge in [0.1, 0.15) is 0 Å². The van der Waals surface area contributed by atoms with Gasteiger partial charge in [0.2, 0.25) is 11.9 Å². The van der Waals surface area contributed by atoms with Crippen LogP contribution in [-0.2, 0) is 4.79 Å². The molecule has 1 heterocycles. The minimum atomic E-state index is 0.00463. The summed E-state index contributed by atoms with van der Waals surface area (Å²) >= 11 is 0. The number of imidazole rings is 1. The Hall–Kier alpha value is -2.04. The van der Waals surface area contributed by atoms with Crippen LogP contribution in [-0.4, -0.2) is 30.0 Å². The van der Waals surface area contributed by atoms with E-state index in [-0.39, 0.29) is 5.91 Å². The molecule has 0 fully saturated rings. The Morgan fingerprint density at radius 1 is 1.31 bits per heavy atom. The van der Waals surface area contributed by atoms with Crippen LogP contribution in [0.25, 0.3) is 11.0 Å². The molecule has 0 bridgehead atoms. The van der Waals surface area contributed by atoms with Crippen molar-refractivity contribution in [1.82, 2.24) is 15.3 Å². The maximum absolute atomic E-state index is 9.70. The van der Waals surface area contributed by atoms with Crippen LogP contribution in [0.3, 0.4) is 0 Å². The van der Waals surface area contributed by atoms with Crippen LogP contribution >= 0.6 is 0 Å². The first kappa shape index (κ1) is 12.0. The van der Waals surface area contributed by atoms with Crippen molar-refractivity contribution in [3.8, 4) is 0 Å². The maximum Gasteiger partial charge on any atom is 0.216 e. The number of H-pyrrole nitrogens is 1. The van der Waals surface area contributed by atoms with E-state index in [4.69, 9.17) is 0 Å². The second-order valence-corrected chi connectivity index (χ2v) is 3.16. The molecule has 1 aromatic heterocycles. The number of nitrogens with zero attached hydrogens (tertiary/aromatic N) is 1. The second kappa shape index (κ2) is 5.75. The standard InChI is InChI=1S/C8H9N3.C3H7NO/c1-9-8-10-6-4-2-3-5-7(6)11-8;1-3(5)4-2/h2-5H,1H3,(H2,9,10,11);1-2H3,(H,4,5). The summed E-state index contributed by atoms with van der Waals surface area (Å²) in [6.45, 7) is 1.47. The number of hydrogen-bond donors (Lipinski definition) is 3. The molecule has 0 radical (unpaired) electrons. The molecule has 3 N–H and O–H groups in total. The number of carbonyl (C=O) groups is 1. The van der Waals surface area contributed by atoms with Gasteiger partial charge in [-0.3, -0.25) is 4.79 Å². The van der Waals surface area contributed by atoms with Gasteiger partial charge in [0.05, 0.1) is 11.0 Å². The SMILES string of the molecule is CNC(C)=O.CNc1nc2ccccc2[nH]1. The lowest BCUT2D eigenvalue weighted by molar-refractivity contribution is -0.118. The van der Waals surface area contributed by atoms with Gasteiger partial charge in [-0.05, 0) is 12.1 Å². The Labute approximate surface area is 94.3 Å². The molecule has 0 saturated carbocycles. The number of aromatic amines is 1. The number of hydrogen-bond acceptors (Lipinski definition) is 3. The number of para-hydroxylation sites is 2. The molecule has 0 spiro atoms. The fourth-order valence-electron chi connectivity index (χ4n) is 1.07. The molecular formula is C11H16N4O. The second-order valence-electron chi connectivity index (χ2n) is 3.16. The molecular weight excluding hydrogens is 204 g/mol. The van der Waals surface area contributed by atoms with E-state index in [1.54, 1.807) is 7.05 Å². The van der Waals surface area contributed by atoms with E-state index in [1.165, 1.54) is 6.92 Å². The van der Waals surface area contributed by atoms with Crippen LogP contribution in [0.1, 0.15) is 6.92 Å². The molecule has 2 aromatic rings. The number of nitrogens with one attached hydrogen (secondary N) is 3. The van der Waals surface area contributed by atoms with Gasteiger partial charge in [-0.15, -0.1) is 0 Å². The summed E-state index contributed by atoms with van der Waals surface area (Å²) in [6.07, 6.45) is 0. The number of rotatable bonds is 1. The van der Waals surface area contributed by atoms with Gasteiger partial charge < -0.3 is 15.6 Å². The van der Waals surface area contributed by atoms with Gasteiger partial charge in [0.15, 0.2) is 0 Å². The van der Waals surface area contributed by atoms with Gasteiger partial charge in [-0.1, -0.05) is 12.1 Å². The van der Waals surface area contributed by atoms with Gasteiger partial charge in [-0.25, -0.2) is 4.98 Å². The summed E-state index contributed by atoms with van der Waals surface area (Å²) < 4.78 is 0. The molecule has 0 aliphatic heterocycles. The summed E-state index contributed by atoms with van der Waals surface area (Å²) in [6, 6.07) is 7.94. The Morgan fingerprint density at radius 2 is 1.94 bits per heavy atom. The maximum atomic E-state index is 9.70. The molecule has 2 rings (SSSR count). The van der Waals surface area contributed by atoms with Gasteiger partial charge >= 0.3 is 0 Å². The molecule has 0 aliphatic rings. The highest BCUT2D eigenvalue weighted by atomic mass is 16.1. The van der Waals surface area contributed by atoms with Crippen LogP contribution in [0.4, 0.5) is 5.95 Å². The normalized spacial score (nSPS) is 9.19. The fourth-order valence-corrected chi connectivity index (χ4v) is 1.07. The van der Waals surface area contributed by atoms with Crippen molar-refractivity contribution in [2.45, 2.75) is 6.92 Å². The molecule has 0 saturated heterocycles. The van der Waals surface area contributed by atoms with Crippen molar-refractivity contribution in [1.29, 1.82) is 0 Å². The minimum absolute atomic E-state index is 0.00463. The lowest BCUT2D eigenvalue weighted by Gasteiger charge is -1.86. The Bertz CT molecular complexity index is 431. The predicted octanol–water partition coefficient (Wildman–Crippen LogP) is 1.36. The highest BCUT2D eigenvalue weighted by Gasteiger charge is 1.96. The number of fused-ring (bicyclic) bond motifs is 1. The molecule has 5 heteroatoms. The van der Waals surface area contributed by atoms with Crippen LogP contribution in [0, 0.1) is 0 Å². The van der Waals surface area contributed by atoms with Crippen molar-refractivity contribution in [3.05, 3.63) is 24.3 Å². The van der Waals surface area contributed by atoms with E-state index in [1.807, 2.05) is 31.3 Å². The van der Waals surface area contributed by atoms with E-state index in [2.05, 4.69) is 20.6 Å². The van der Waals surface area contributed by atoms with Crippen LogP contribution in [0.2, 0.25) is 0 Å². The molecule has 86 valence electrons. The number of carbonyl (C=O) groups excluding carboxylic acids is 1. The Kier molecular flexibility index (Phi) is 4.32. The Balaban J connectivity index is 0.000000221. The van der Waals surface area contributed by atoms with E-state index < -0.39 is 0 Å². The van der Waals surface area contributed by atoms with Crippen LogP contribution < -0.4 is 10.6 Å². The van der Waals surface area contributed by atoms with Crippen LogP contribution in [0.15, 0.2) is 24.3 Å². The predicted molar refractivity (Wildman–Crippen MR) is 65.4 cm³/mol. The lowest BCUT2D eigenvalue weighted by Crippen LogP contribution is -2.11. The summed E-state index contributed by atoms with van der Waals surface area (Å²) in [7, 11) is 3.44. The lowest BCUT2D eigenvalue weighted by atomic mass is 10.3. The highest BCUT2D eigenvalue weighted by molar-refractivity contribution is 5.77. The van der Waals surface area contributed by atoms with E-state index in [0.29, 0.717) is 0 Å². The third-order valence-corrected chi connectivity index (χ3v) is 1.98. The molecule has 5 nitrogen and oxygen atoms in total. The first-order chi connectivity index (χ1) is 7.67. The third-order valence-electron chi connectivity index (χ3n) is 1.98. The summed E-state index contributed by atoms with van der Waals surface area (Å²) in [5.74, 6) is 0.816. The van der Waals surface area contributed by atoms with Crippen molar-refractivity contribution >= 4 is 22.9 Å². The quantitative estimate of drug-likeness (QED) is 0.679. The van der Waals surface area contributed by atoms with Crippen molar-refractivity contribution in [3.63, 3.8) is 0 Å². The topological polar surface area (TPSA) is 69.8 Å². The number of amides is 1. The van der Waals surface area contributed by atoms with Crippen molar-refractivity contribution < 1.29 is 4.79 Å². The van der Waals surface area contributed by atoms with Gasteiger partial charge in [-0.2, -0.15) is 0 Å². The van der Waals surface area contributed by atoms with Gasteiger partial charge in [0, 0.05) is 21.0 Å². The summed E-state index contributed by atoms with van der Waals surface area (Å²) in [5.41, 5.74) is 2.06. The largest absolute Gasteiger partial charge is 0.359 e. The van der Waals surface area contributed by atoms with Crippen molar-refractivity contribution in [2.24, 2.45) is 0 Å². The minimum Gasteiger partial charge on any atom is -0.359 e. The highest BCUT2D eigenvalue weighted by Crippen LogP contribution is 2.11. The number of benzene rings is 1. The fraction of sp³-hybridized carbons (Fsp3) is 0.273. The van der Waals surface area contributed by atoms with Crippen molar-refractivity contribution in [2.75, 3.05) is 19.4 Å². The molecule has 16 heavy (non-hydrogen) atoms. The smallest absolute Gasteiger partial charge is 0.216 e. The molecule has 1 aromatic carbocycles. The Morgan fingerprint density at radius 3 is 2.44 bits per heavy atom. The zero-order valence-corrected chi connectivity index (χ0v) is 9.66. The van der Waals surface area contributed by atoms with E-state index in [9.17, 15) is 4.79 Å². The molecule has 0 atom stereocenters. The van der Waals surface area contributed by atoms with Crippen LogP contribution in [0.5, 0.6) is 0 Å². The number of aromatic nitrogens is 2. The zero-order chi connectivity index (χ0) is 12.0. The average molecular weight is 220 g/mol. The van der Waals surface area contributed by atoms with E-state index in [0.717, 1.165) is 17.0 Å². The zero-order valence-electron chi connectivity index (χ0n) is 9.66. The first-order valence-electron chi connectivity index (χ1n) is 4.98. The number of anilines is 1. The molecule has 0 unspecified atom stereocenters. The monoisotopic (exact) mass is 220 g/mol. The van der Waals surface area contributed by atoms with Gasteiger partial charge in [0.25, 0.3) is 0 Å². The average Bonchev–Trinajstić information content (AvgIpc) is 2.72. The molecule has 0 aliphatic carbocycles. The first-order valence-corrected chi connectivity index (χ1v) is 4.98. The molecule has 1 amide bonds. The third kappa shape index (κ3) is 3.27. The van der Waals surface area contributed by atoms with E-state index >= 15 is 0 Å².